The third kappa shape index (κ3) is 3.83. The summed E-state index contributed by atoms with van der Waals surface area (Å²) in [4.78, 5) is 18.9. The van der Waals surface area contributed by atoms with Crippen LogP contribution in [0.4, 0.5) is 5.13 Å². The SMILES string of the molecule is Cc1csc(NC(=O)CN2C(C)COC(c3ccccc3)C2C)n1. The third-order valence-electron chi connectivity index (χ3n) is 4.36. The maximum Gasteiger partial charge on any atom is 0.240 e. The quantitative estimate of drug-likeness (QED) is 0.924. The number of benzene rings is 1. The molecule has 24 heavy (non-hydrogen) atoms. The Hall–Kier alpha value is -1.76. The molecule has 3 atom stereocenters. The zero-order chi connectivity index (χ0) is 17.1. The molecule has 1 aromatic heterocycles. The van der Waals surface area contributed by atoms with Gasteiger partial charge in [-0.15, -0.1) is 11.3 Å². The van der Waals surface area contributed by atoms with Crippen molar-refractivity contribution in [2.24, 2.45) is 0 Å². The fourth-order valence-electron chi connectivity index (χ4n) is 3.11. The zero-order valence-corrected chi connectivity index (χ0v) is 15.0. The summed E-state index contributed by atoms with van der Waals surface area (Å²) >= 11 is 1.45. The summed E-state index contributed by atoms with van der Waals surface area (Å²) in [7, 11) is 0. The first-order chi connectivity index (χ1) is 11.5. The Morgan fingerprint density at radius 2 is 2.12 bits per heavy atom. The van der Waals surface area contributed by atoms with Crippen LogP contribution >= 0.6 is 11.3 Å². The van der Waals surface area contributed by atoms with E-state index in [1.54, 1.807) is 0 Å². The molecule has 3 unspecified atom stereocenters. The highest BCUT2D eigenvalue weighted by atomic mass is 32.1. The van der Waals surface area contributed by atoms with E-state index in [2.05, 4.69) is 41.2 Å². The van der Waals surface area contributed by atoms with Crippen molar-refractivity contribution in [3.8, 4) is 0 Å². The number of anilines is 1. The molecule has 0 aliphatic carbocycles. The minimum atomic E-state index is -0.0308. The average molecular weight is 345 g/mol. The van der Waals surface area contributed by atoms with Crippen LogP contribution in [-0.2, 0) is 9.53 Å². The predicted molar refractivity (Wildman–Crippen MR) is 96.2 cm³/mol. The fraction of sp³-hybridized carbons (Fsp3) is 0.444. The van der Waals surface area contributed by atoms with Gasteiger partial charge in [-0.05, 0) is 26.3 Å². The minimum Gasteiger partial charge on any atom is -0.370 e. The molecule has 1 aliphatic rings. The van der Waals surface area contributed by atoms with Gasteiger partial charge in [0.15, 0.2) is 5.13 Å². The number of nitrogens with one attached hydrogen (secondary N) is 1. The zero-order valence-electron chi connectivity index (χ0n) is 14.2. The van der Waals surface area contributed by atoms with Crippen LogP contribution in [-0.4, -0.2) is 41.0 Å². The van der Waals surface area contributed by atoms with Crippen molar-refractivity contribution in [2.75, 3.05) is 18.5 Å². The van der Waals surface area contributed by atoms with E-state index in [0.717, 1.165) is 11.3 Å². The molecule has 2 heterocycles. The molecular formula is C18H23N3O2S. The van der Waals surface area contributed by atoms with Gasteiger partial charge in [-0.25, -0.2) is 4.98 Å². The Bertz CT molecular complexity index is 689. The third-order valence-corrected chi connectivity index (χ3v) is 5.24. The highest BCUT2D eigenvalue weighted by Gasteiger charge is 2.35. The van der Waals surface area contributed by atoms with Crippen molar-refractivity contribution in [3.63, 3.8) is 0 Å². The van der Waals surface area contributed by atoms with Crippen LogP contribution in [0.2, 0.25) is 0 Å². The van der Waals surface area contributed by atoms with E-state index in [9.17, 15) is 4.79 Å². The minimum absolute atomic E-state index is 0.0164. The summed E-state index contributed by atoms with van der Waals surface area (Å²) in [5, 5.41) is 5.48. The largest absolute Gasteiger partial charge is 0.370 e. The van der Waals surface area contributed by atoms with Gasteiger partial charge in [0.1, 0.15) is 0 Å². The Labute approximate surface area is 146 Å². The van der Waals surface area contributed by atoms with Gasteiger partial charge in [-0.1, -0.05) is 30.3 Å². The van der Waals surface area contributed by atoms with Crippen LogP contribution in [0.1, 0.15) is 31.2 Å². The van der Waals surface area contributed by atoms with Crippen LogP contribution in [0.5, 0.6) is 0 Å². The highest BCUT2D eigenvalue weighted by molar-refractivity contribution is 7.13. The van der Waals surface area contributed by atoms with Gasteiger partial charge in [-0.2, -0.15) is 0 Å². The number of amides is 1. The van der Waals surface area contributed by atoms with Gasteiger partial charge in [0, 0.05) is 17.5 Å². The molecule has 1 N–H and O–H groups in total. The molecule has 128 valence electrons. The summed E-state index contributed by atoms with van der Waals surface area (Å²) < 4.78 is 6.04. The van der Waals surface area contributed by atoms with Crippen LogP contribution in [0, 0.1) is 6.92 Å². The van der Waals surface area contributed by atoms with Crippen molar-refractivity contribution in [1.82, 2.24) is 9.88 Å². The molecule has 2 aromatic rings. The Kier molecular flexibility index (Phi) is 5.28. The lowest BCUT2D eigenvalue weighted by Crippen LogP contribution is -2.53. The maximum atomic E-state index is 12.4. The lowest BCUT2D eigenvalue weighted by molar-refractivity contribution is -0.127. The normalized spacial score (nSPS) is 24.7. The topological polar surface area (TPSA) is 54.5 Å². The summed E-state index contributed by atoms with van der Waals surface area (Å²) in [6.45, 7) is 7.09. The predicted octanol–water partition coefficient (Wildman–Crippen LogP) is 3.24. The second-order valence-corrected chi connectivity index (χ2v) is 7.13. The van der Waals surface area contributed by atoms with Crippen LogP contribution in [0.3, 0.4) is 0 Å². The van der Waals surface area contributed by atoms with Gasteiger partial charge in [-0.3, -0.25) is 9.69 Å². The Morgan fingerprint density at radius 3 is 2.79 bits per heavy atom. The molecule has 0 spiro atoms. The summed E-state index contributed by atoms with van der Waals surface area (Å²) in [5.41, 5.74) is 2.07. The van der Waals surface area contributed by atoms with E-state index in [-0.39, 0.29) is 24.1 Å². The first-order valence-corrected chi connectivity index (χ1v) is 9.07. The van der Waals surface area contributed by atoms with E-state index in [1.807, 2.05) is 30.5 Å². The van der Waals surface area contributed by atoms with Crippen molar-refractivity contribution >= 4 is 22.4 Å². The van der Waals surface area contributed by atoms with Gasteiger partial charge in [0.2, 0.25) is 5.91 Å². The van der Waals surface area contributed by atoms with Gasteiger partial charge in [0.25, 0.3) is 0 Å². The molecule has 1 amide bonds. The van der Waals surface area contributed by atoms with E-state index >= 15 is 0 Å². The van der Waals surface area contributed by atoms with E-state index in [4.69, 9.17) is 4.74 Å². The summed E-state index contributed by atoms with van der Waals surface area (Å²) in [6.07, 6.45) is -0.0164. The van der Waals surface area contributed by atoms with Crippen molar-refractivity contribution < 1.29 is 9.53 Å². The summed E-state index contributed by atoms with van der Waals surface area (Å²) in [6, 6.07) is 10.5. The number of aromatic nitrogens is 1. The molecule has 1 saturated heterocycles. The van der Waals surface area contributed by atoms with Crippen molar-refractivity contribution in [1.29, 1.82) is 0 Å². The van der Waals surface area contributed by atoms with Crippen LogP contribution < -0.4 is 5.32 Å². The Balaban J connectivity index is 1.67. The average Bonchev–Trinajstić information content (AvgIpc) is 2.97. The lowest BCUT2D eigenvalue weighted by atomic mass is 9.98. The number of thiazole rings is 1. The Morgan fingerprint density at radius 1 is 1.38 bits per heavy atom. The molecule has 1 fully saturated rings. The molecule has 0 radical (unpaired) electrons. The molecule has 1 aromatic carbocycles. The number of ether oxygens (including phenoxy) is 1. The number of carbonyl (C=O) groups is 1. The first kappa shape index (κ1) is 17.1. The molecular weight excluding hydrogens is 322 g/mol. The number of aryl methyl sites for hydroxylation is 1. The molecule has 1 aliphatic heterocycles. The standard InChI is InChI=1S/C18H23N3O2S/c1-12-11-24-18(19-12)20-16(22)9-21-13(2)10-23-17(14(21)3)15-7-5-4-6-8-15/h4-8,11,13-14,17H,9-10H2,1-3H3,(H,19,20,22). The smallest absolute Gasteiger partial charge is 0.240 e. The van der Waals surface area contributed by atoms with E-state index in [1.165, 1.54) is 11.3 Å². The molecule has 6 heteroatoms. The van der Waals surface area contributed by atoms with E-state index < -0.39 is 0 Å². The number of nitrogens with zero attached hydrogens (tertiary/aromatic N) is 2. The highest BCUT2D eigenvalue weighted by Crippen LogP contribution is 2.30. The number of carbonyl (C=O) groups excluding carboxylic acids is 1. The molecule has 0 saturated carbocycles. The number of hydrogen-bond donors (Lipinski definition) is 1. The molecule has 0 bridgehead atoms. The monoisotopic (exact) mass is 345 g/mol. The number of rotatable bonds is 4. The van der Waals surface area contributed by atoms with Crippen molar-refractivity contribution in [2.45, 2.75) is 39.0 Å². The summed E-state index contributed by atoms with van der Waals surface area (Å²) in [5.74, 6) is -0.0308. The number of morpholine rings is 1. The second kappa shape index (κ2) is 7.42. The van der Waals surface area contributed by atoms with Crippen LogP contribution in [0.25, 0.3) is 0 Å². The molecule has 3 rings (SSSR count). The second-order valence-electron chi connectivity index (χ2n) is 6.27. The van der Waals surface area contributed by atoms with Gasteiger partial charge in [0.05, 0.1) is 24.9 Å². The van der Waals surface area contributed by atoms with Gasteiger partial charge < -0.3 is 10.1 Å². The number of hydrogen-bond acceptors (Lipinski definition) is 5. The first-order valence-electron chi connectivity index (χ1n) is 8.19. The van der Waals surface area contributed by atoms with Crippen LogP contribution in [0.15, 0.2) is 35.7 Å². The maximum absolute atomic E-state index is 12.4. The van der Waals surface area contributed by atoms with Gasteiger partial charge >= 0.3 is 0 Å². The van der Waals surface area contributed by atoms with Crippen molar-refractivity contribution in [3.05, 3.63) is 47.0 Å². The lowest BCUT2D eigenvalue weighted by Gasteiger charge is -2.43. The fourth-order valence-corrected chi connectivity index (χ4v) is 3.81. The molecule has 5 nitrogen and oxygen atoms in total. The van der Waals surface area contributed by atoms with E-state index in [0.29, 0.717) is 18.3 Å².